The molecule has 1 heterocycles. The van der Waals surface area contributed by atoms with Gasteiger partial charge in [0.1, 0.15) is 5.82 Å². The number of halogens is 1. The molecule has 6 heteroatoms. The van der Waals surface area contributed by atoms with Crippen LogP contribution in [0.4, 0.5) is 4.39 Å². The van der Waals surface area contributed by atoms with Crippen LogP contribution in [0.2, 0.25) is 0 Å². The quantitative estimate of drug-likeness (QED) is 0.779. The predicted octanol–water partition coefficient (Wildman–Crippen LogP) is 0.443. The molecular weight excluding hydrogens is 252 g/mol. The summed E-state index contributed by atoms with van der Waals surface area (Å²) in [6.45, 7) is 0.700. The Morgan fingerprint density at radius 3 is 2.89 bits per heavy atom. The number of nitrogens with zero attached hydrogens (tertiary/aromatic N) is 1. The van der Waals surface area contributed by atoms with E-state index in [-0.39, 0.29) is 5.46 Å². The molecule has 0 aromatic heterocycles. The third-order valence-corrected chi connectivity index (χ3v) is 4.44. The van der Waals surface area contributed by atoms with Crippen LogP contribution in [0.15, 0.2) is 18.2 Å². The lowest BCUT2D eigenvalue weighted by atomic mass is 9.79. The first-order chi connectivity index (χ1) is 8.58. The maximum absolute atomic E-state index is 13.3. The third-order valence-electron chi connectivity index (χ3n) is 3.30. The van der Waals surface area contributed by atoms with E-state index in [0.29, 0.717) is 12.6 Å². The van der Waals surface area contributed by atoms with E-state index in [1.807, 2.05) is 11.8 Å². The van der Waals surface area contributed by atoms with Gasteiger partial charge in [-0.2, -0.15) is 11.8 Å². The highest BCUT2D eigenvalue weighted by Crippen LogP contribution is 2.22. The highest BCUT2D eigenvalue weighted by molar-refractivity contribution is 7.99. The molecule has 1 aromatic carbocycles. The fraction of sp³-hybridized carbons (Fsp3) is 0.500. The molecule has 0 bridgehead atoms. The van der Waals surface area contributed by atoms with Gasteiger partial charge in [0.25, 0.3) is 0 Å². The third kappa shape index (κ3) is 3.26. The van der Waals surface area contributed by atoms with Crippen molar-refractivity contribution in [1.82, 2.24) is 4.90 Å². The first-order valence-corrected chi connectivity index (χ1v) is 7.16. The average Bonchev–Trinajstić information content (AvgIpc) is 2.85. The zero-order chi connectivity index (χ0) is 13.1. The van der Waals surface area contributed by atoms with E-state index in [4.69, 9.17) is 10.0 Å². The molecule has 98 valence electrons. The fourth-order valence-corrected chi connectivity index (χ4v) is 3.47. The van der Waals surface area contributed by atoms with Crippen molar-refractivity contribution in [2.45, 2.75) is 19.0 Å². The van der Waals surface area contributed by atoms with Crippen molar-refractivity contribution in [2.75, 3.05) is 18.6 Å². The second-order valence-electron chi connectivity index (χ2n) is 4.66. The summed E-state index contributed by atoms with van der Waals surface area (Å²) in [6, 6.07) is 5.07. The number of thioether (sulfide) groups is 1. The molecule has 1 atom stereocenters. The summed E-state index contributed by atoms with van der Waals surface area (Å²) < 4.78 is 13.3. The maximum atomic E-state index is 13.3. The Morgan fingerprint density at radius 2 is 2.28 bits per heavy atom. The monoisotopic (exact) mass is 269 g/mol. The lowest BCUT2D eigenvalue weighted by Gasteiger charge is -2.23. The Morgan fingerprint density at radius 1 is 1.50 bits per heavy atom. The molecule has 2 N–H and O–H groups in total. The number of hydrogen-bond acceptors (Lipinski definition) is 4. The predicted molar refractivity (Wildman–Crippen MR) is 73.4 cm³/mol. The maximum Gasteiger partial charge on any atom is 0.491 e. The van der Waals surface area contributed by atoms with Gasteiger partial charge in [0, 0.05) is 23.8 Å². The van der Waals surface area contributed by atoms with Gasteiger partial charge in [0.2, 0.25) is 0 Å². The zero-order valence-corrected chi connectivity index (χ0v) is 11.2. The van der Waals surface area contributed by atoms with E-state index in [1.165, 1.54) is 24.3 Å². The molecule has 1 aromatic rings. The van der Waals surface area contributed by atoms with Crippen LogP contribution < -0.4 is 5.46 Å². The number of benzene rings is 1. The lowest BCUT2D eigenvalue weighted by molar-refractivity contribution is 0.254. The van der Waals surface area contributed by atoms with Crippen molar-refractivity contribution >= 4 is 24.3 Å². The summed E-state index contributed by atoms with van der Waals surface area (Å²) in [7, 11) is 0.298. The minimum atomic E-state index is -1.75. The van der Waals surface area contributed by atoms with Crippen molar-refractivity contribution in [3.8, 4) is 0 Å². The summed E-state index contributed by atoms with van der Waals surface area (Å²) in [6.07, 6.45) is 1.18. The molecule has 0 saturated carbocycles. The zero-order valence-electron chi connectivity index (χ0n) is 10.3. The van der Waals surface area contributed by atoms with Crippen LogP contribution in [0.3, 0.4) is 0 Å². The van der Waals surface area contributed by atoms with Crippen molar-refractivity contribution in [3.05, 3.63) is 29.6 Å². The lowest BCUT2D eigenvalue weighted by Crippen LogP contribution is -2.34. The fourth-order valence-electron chi connectivity index (χ4n) is 2.18. The van der Waals surface area contributed by atoms with Gasteiger partial charge in [-0.05, 0) is 30.9 Å². The summed E-state index contributed by atoms with van der Waals surface area (Å²) >= 11 is 1.95. The van der Waals surface area contributed by atoms with Crippen LogP contribution in [0.25, 0.3) is 0 Å². The summed E-state index contributed by atoms with van der Waals surface area (Å²) in [5, 5.41) is 18.1. The Hall–Kier alpha value is -0.555. The van der Waals surface area contributed by atoms with E-state index in [2.05, 4.69) is 11.9 Å². The summed E-state index contributed by atoms with van der Waals surface area (Å²) in [5.74, 6) is 1.75. The van der Waals surface area contributed by atoms with Gasteiger partial charge < -0.3 is 10.0 Å². The van der Waals surface area contributed by atoms with Crippen molar-refractivity contribution in [1.29, 1.82) is 0 Å². The van der Waals surface area contributed by atoms with Gasteiger partial charge in [-0.3, -0.25) is 4.90 Å². The van der Waals surface area contributed by atoms with E-state index >= 15 is 0 Å². The van der Waals surface area contributed by atoms with Crippen LogP contribution in [0.1, 0.15) is 12.0 Å². The standard InChI is InChI=1S/C12H17BFNO2S/c1-15(10-4-5-18-8-10)7-9-2-3-12(14)11(6-9)13(16)17/h2-3,6,10,16-17H,4-5,7-8H2,1H3. The summed E-state index contributed by atoms with van der Waals surface area (Å²) in [5.41, 5.74) is 0.848. The van der Waals surface area contributed by atoms with E-state index < -0.39 is 12.9 Å². The highest BCUT2D eigenvalue weighted by Gasteiger charge is 2.21. The van der Waals surface area contributed by atoms with Gasteiger partial charge in [0.15, 0.2) is 0 Å². The first kappa shape index (κ1) is 13.9. The smallest absolute Gasteiger partial charge is 0.423 e. The molecule has 1 fully saturated rings. The normalized spacial score (nSPS) is 19.5. The average molecular weight is 269 g/mol. The molecular formula is C12H17BFNO2S. The Bertz CT molecular complexity index is 413. The Kier molecular flexibility index (Phi) is 4.67. The molecule has 1 saturated heterocycles. The van der Waals surface area contributed by atoms with E-state index in [1.54, 1.807) is 6.07 Å². The molecule has 1 unspecified atom stereocenters. The molecule has 18 heavy (non-hydrogen) atoms. The first-order valence-electron chi connectivity index (χ1n) is 6.00. The minimum Gasteiger partial charge on any atom is -0.423 e. The molecule has 3 nitrogen and oxygen atoms in total. The highest BCUT2D eigenvalue weighted by atomic mass is 32.2. The molecule has 1 aliphatic heterocycles. The second-order valence-corrected chi connectivity index (χ2v) is 5.81. The van der Waals surface area contributed by atoms with Crippen LogP contribution >= 0.6 is 11.8 Å². The minimum absolute atomic E-state index is 0.0540. The largest absolute Gasteiger partial charge is 0.491 e. The summed E-state index contributed by atoms with van der Waals surface area (Å²) in [4.78, 5) is 2.24. The van der Waals surface area contributed by atoms with Crippen LogP contribution in [-0.4, -0.2) is 46.7 Å². The van der Waals surface area contributed by atoms with E-state index in [9.17, 15) is 4.39 Å². The van der Waals surface area contributed by atoms with Crippen molar-refractivity contribution in [3.63, 3.8) is 0 Å². The van der Waals surface area contributed by atoms with Crippen molar-refractivity contribution < 1.29 is 14.4 Å². The van der Waals surface area contributed by atoms with Crippen molar-refractivity contribution in [2.24, 2.45) is 0 Å². The SMILES string of the molecule is CN(Cc1ccc(F)c(B(O)O)c1)C1CCSC1. The second kappa shape index (κ2) is 6.06. The Balaban J connectivity index is 2.06. The Labute approximate surface area is 111 Å². The molecule has 0 amide bonds. The van der Waals surface area contributed by atoms with Gasteiger partial charge in [0.05, 0.1) is 0 Å². The molecule has 2 rings (SSSR count). The van der Waals surface area contributed by atoms with Crippen LogP contribution in [0, 0.1) is 5.82 Å². The topological polar surface area (TPSA) is 43.7 Å². The van der Waals surface area contributed by atoms with Gasteiger partial charge >= 0.3 is 7.12 Å². The molecule has 1 aliphatic rings. The molecule has 0 aliphatic carbocycles. The van der Waals surface area contributed by atoms with Gasteiger partial charge in [-0.1, -0.05) is 12.1 Å². The van der Waals surface area contributed by atoms with E-state index in [0.717, 1.165) is 11.3 Å². The molecule has 0 radical (unpaired) electrons. The van der Waals surface area contributed by atoms with Gasteiger partial charge in [-0.15, -0.1) is 0 Å². The molecule has 0 spiro atoms. The number of rotatable bonds is 4. The van der Waals surface area contributed by atoms with Crippen LogP contribution in [0.5, 0.6) is 0 Å². The van der Waals surface area contributed by atoms with Gasteiger partial charge in [-0.25, -0.2) is 4.39 Å². The van der Waals surface area contributed by atoms with Crippen LogP contribution in [-0.2, 0) is 6.54 Å². The number of hydrogen-bond donors (Lipinski definition) is 2.